The Morgan fingerprint density at radius 2 is 2.38 bits per heavy atom. The number of rotatable bonds is 6. The fourth-order valence-electron chi connectivity index (χ4n) is 1.36. The minimum Gasteiger partial charge on any atom is -0.468 e. The molecule has 76 valence electrons. The van der Waals surface area contributed by atoms with Crippen LogP contribution in [-0.2, 0) is 9.53 Å². The lowest BCUT2D eigenvalue weighted by Gasteiger charge is -2.14. The number of hydrogen-bond acceptors (Lipinski definition) is 4. The van der Waals surface area contributed by atoms with Gasteiger partial charge in [0, 0.05) is 0 Å². The molecule has 1 unspecified atom stereocenters. The van der Waals surface area contributed by atoms with Gasteiger partial charge in [-0.25, -0.2) is 0 Å². The standard InChI is InChI=1S/C9H18N2O2/c1-13-9(12)8(7-3-4-7)11-6-2-5-10/h7-8,11H,2-6,10H2,1H3. The number of hydrogen-bond donors (Lipinski definition) is 2. The minimum atomic E-state index is -0.139. The summed E-state index contributed by atoms with van der Waals surface area (Å²) in [6.45, 7) is 1.46. The first kappa shape index (κ1) is 10.5. The first-order valence-electron chi connectivity index (χ1n) is 4.81. The maximum Gasteiger partial charge on any atom is 0.323 e. The second-order valence-corrected chi connectivity index (χ2v) is 3.43. The average Bonchev–Trinajstić information content (AvgIpc) is 2.95. The SMILES string of the molecule is COC(=O)C(NCCCN)C1CC1. The van der Waals surface area contributed by atoms with Crippen molar-refractivity contribution in [1.29, 1.82) is 0 Å². The normalized spacial score (nSPS) is 18.3. The molecule has 1 rings (SSSR count). The van der Waals surface area contributed by atoms with E-state index in [9.17, 15) is 4.79 Å². The van der Waals surface area contributed by atoms with Crippen LogP contribution >= 0.6 is 0 Å². The van der Waals surface area contributed by atoms with E-state index >= 15 is 0 Å². The maximum absolute atomic E-state index is 11.3. The van der Waals surface area contributed by atoms with Crippen LogP contribution in [0.2, 0.25) is 0 Å². The predicted octanol–water partition coefficient (Wildman–Crippen LogP) is -0.124. The predicted molar refractivity (Wildman–Crippen MR) is 50.2 cm³/mol. The largest absolute Gasteiger partial charge is 0.468 e. The zero-order valence-corrected chi connectivity index (χ0v) is 8.08. The van der Waals surface area contributed by atoms with Crippen molar-refractivity contribution in [2.75, 3.05) is 20.2 Å². The van der Waals surface area contributed by atoms with Gasteiger partial charge in [0.15, 0.2) is 0 Å². The third-order valence-electron chi connectivity index (χ3n) is 2.29. The third kappa shape index (κ3) is 3.32. The number of nitrogens with two attached hydrogens (primary N) is 1. The van der Waals surface area contributed by atoms with Gasteiger partial charge in [0.25, 0.3) is 0 Å². The zero-order chi connectivity index (χ0) is 9.68. The summed E-state index contributed by atoms with van der Waals surface area (Å²) in [4.78, 5) is 11.3. The Labute approximate surface area is 78.8 Å². The second kappa shape index (κ2) is 5.19. The number of carbonyl (C=O) groups is 1. The topological polar surface area (TPSA) is 64.3 Å². The molecular formula is C9H18N2O2. The molecule has 0 amide bonds. The first-order chi connectivity index (χ1) is 6.29. The van der Waals surface area contributed by atoms with Crippen LogP contribution in [0, 0.1) is 5.92 Å². The average molecular weight is 186 g/mol. The number of esters is 1. The summed E-state index contributed by atoms with van der Waals surface area (Å²) in [7, 11) is 1.43. The lowest BCUT2D eigenvalue weighted by Crippen LogP contribution is -2.40. The first-order valence-corrected chi connectivity index (χ1v) is 4.81. The fourth-order valence-corrected chi connectivity index (χ4v) is 1.36. The van der Waals surface area contributed by atoms with Gasteiger partial charge in [-0.2, -0.15) is 0 Å². The molecule has 4 nitrogen and oxygen atoms in total. The Morgan fingerprint density at radius 3 is 2.85 bits per heavy atom. The summed E-state index contributed by atoms with van der Waals surface area (Å²) in [5.41, 5.74) is 5.36. The van der Waals surface area contributed by atoms with Crippen LogP contribution in [0.4, 0.5) is 0 Å². The van der Waals surface area contributed by atoms with E-state index in [1.54, 1.807) is 0 Å². The summed E-state index contributed by atoms with van der Waals surface area (Å²) in [5.74, 6) is 0.352. The molecule has 1 aliphatic rings. The van der Waals surface area contributed by atoms with Crippen molar-refractivity contribution in [3.05, 3.63) is 0 Å². The zero-order valence-electron chi connectivity index (χ0n) is 8.08. The lowest BCUT2D eigenvalue weighted by atomic mass is 10.2. The number of methoxy groups -OCH3 is 1. The summed E-state index contributed by atoms with van der Waals surface area (Å²) in [6.07, 6.45) is 3.17. The molecule has 0 aromatic carbocycles. The Bertz CT molecular complexity index is 169. The van der Waals surface area contributed by atoms with E-state index in [4.69, 9.17) is 10.5 Å². The third-order valence-corrected chi connectivity index (χ3v) is 2.29. The minimum absolute atomic E-state index is 0.100. The van der Waals surface area contributed by atoms with Gasteiger partial charge in [-0.05, 0) is 38.3 Å². The van der Waals surface area contributed by atoms with Crippen molar-refractivity contribution < 1.29 is 9.53 Å². The molecule has 1 atom stereocenters. The Kier molecular flexibility index (Phi) is 4.18. The van der Waals surface area contributed by atoms with Crippen LogP contribution in [0.3, 0.4) is 0 Å². The van der Waals surface area contributed by atoms with Crippen LogP contribution in [0.25, 0.3) is 0 Å². The number of nitrogens with one attached hydrogen (secondary N) is 1. The van der Waals surface area contributed by atoms with Gasteiger partial charge in [0.1, 0.15) is 6.04 Å². The van der Waals surface area contributed by atoms with Crippen LogP contribution < -0.4 is 11.1 Å². The van der Waals surface area contributed by atoms with Crippen LogP contribution in [0.1, 0.15) is 19.3 Å². The molecule has 0 saturated heterocycles. The molecule has 0 aromatic rings. The van der Waals surface area contributed by atoms with Gasteiger partial charge in [-0.15, -0.1) is 0 Å². The maximum atomic E-state index is 11.3. The van der Waals surface area contributed by atoms with Crippen molar-refractivity contribution in [3.63, 3.8) is 0 Å². The molecule has 3 N–H and O–H groups in total. The molecule has 1 fully saturated rings. The van der Waals surface area contributed by atoms with Crippen molar-refractivity contribution in [1.82, 2.24) is 5.32 Å². The Balaban J connectivity index is 2.25. The van der Waals surface area contributed by atoms with Gasteiger partial charge < -0.3 is 15.8 Å². The van der Waals surface area contributed by atoms with Crippen molar-refractivity contribution in [3.8, 4) is 0 Å². The molecule has 4 heteroatoms. The van der Waals surface area contributed by atoms with E-state index < -0.39 is 0 Å². The number of carbonyl (C=O) groups excluding carboxylic acids is 1. The summed E-state index contributed by atoms with van der Waals surface area (Å²) >= 11 is 0. The Morgan fingerprint density at radius 1 is 1.69 bits per heavy atom. The van der Waals surface area contributed by atoms with E-state index in [0.29, 0.717) is 12.5 Å². The monoisotopic (exact) mass is 186 g/mol. The van der Waals surface area contributed by atoms with Crippen molar-refractivity contribution in [2.45, 2.75) is 25.3 Å². The molecule has 0 aliphatic heterocycles. The van der Waals surface area contributed by atoms with E-state index in [1.165, 1.54) is 7.11 Å². The fraction of sp³-hybridized carbons (Fsp3) is 0.889. The van der Waals surface area contributed by atoms with E-state index in [1.807, 2.05) is 0 Å². The highest BCUT2D eigenvalue weighted by Gasteiger charge is 2.36. The van der Waals surface area contributed by atoms with Gasteiger partial charge in [0.05, 0.1) is 7.11 Å². The van der Waals surface area contributed by atoms with Gasteiger partial charge in [0.2, 0.25) is 0 Å². The molecule has 0 aromatic heterocycles. The highest BCUT2D eigenvalue weighted by atomic mass is 16.5. The second-order valence-electron chi connectivity index (χ2n) is 3.43. The Hall–Kier alpha value is -0.610. The summed E-state index contributed by atoms with van der Waals surface area (Å²) < 4.78 is 4.71. The molecule has 0 bridgehead atoms. The lowest BCUT2D eigenvalue weighted by molar-refractivity contribution is -0.143. The molecule has 0 radical (unpaired) electrons. The van der Waals surface area contributed by atoms with E-state index in [-0.39, 0.29) is 12.0 Å². The summed E-state index contributed by atoms with van der Waals surface area (Å²) in [6, 6.07) is -0.100. The van der Waals surface area contributed by atoms with Crippen LogP contribution in [-0.4, -0.2) is 32.2 Å². The van der Waals surface area contributed by atoms with Crippen molar-refractivity contribution in [2.24, 2.45) is 11.7 Å². The summed E-state index contributed by atoms with van der Waals surface area (Å²) in [5, 5.41) is 3.18. The van der Waals surface area contributed by atoms with E-state index in [2.05, 4.69) is 5.32 Å². The quantitative estimate of drug-likeness (QED) is 0.448. The molecule has 0 spiro atoms. The van der Waals surface area contributed by atoms with Crippen molar-refractivity contribution >= 4 is 5.97 Å². The van der Waals surface area contributed by atoms with Crippen LogP contribution in [0.5, 0.6) is 0 Å². The highest BCUT2D eigenvalue weighted by molar-refractivity contribution is 5.76. The van der Waals surface area contributed by atoms with Gasteiger partial charge in [-0.1, -0.05) is 0 Å². The molecule has 13 heavy (non-hydrogen) atoms. The van der Waals surface area contributed by atoms with Gasteiger partial charge >= 0.3 is 5.97 Å². The smallest absolute Gasteiger partial charge is 0.323 e. The van der Waals surface area contributed by atoms with Crippen LogP contribution in [0.15, 0.2) is 0 Å². The number of ether oxygens (including phenoxy) is 1. The van der Waals surface area contributed by atoms with Gasteiger partial charge in [-0.3, -0.25) is 4.79 Å². The molecule has 0 heterocycles. The highest BCUT2D eigenvalue weighted by Crippen LogP contribution is 2.33. The molecule has 1 saturated carbocycles. The van der Waals surface area contributed by atoms with E-state index in [0.717, 1.165) is 25.8 Å². The molecular weight excluding hydrogens is 168 g/mol. The molecule has 1 aliphatic carbocycles.